The van der Waals surface area contributed by atoms with E-state index < -0.39 is 10.4 Å². The summed E-state index contributed by atoms with van der Waals surface area (Å²) in [4.78, 5) is 0. The first-order chi connectivity index (χ1) is 3.91. The fourth-order valence-electron chi connectivity index (χ4n) is 0. The molecule has 0 aromatic heterocycles. The molecule has 12 heavy (non-hydrogen) atoms. The third-order valence-electron chi connectivity index (χ3n) is 0.167. The van der Waals surface area contributed by atoms with Crippen LogP contribution in [0.4, 0.5) is 0 Å². The summed E-state index contributed by atoms with van der Waals surface area (Å²) in [6.45, 7) is 1.19. The Balaban J connectivity index is -0.0000000221. The van der Waals surface area contributed by atoms with Gasteiger partial charge in [-0.1, -0.05) is 0 Å². The zero-order valence-corrected chi connectivity index (χ0v) is 7.82. The van der Waals surface area contributed by atoms with Crippen molar-refractivity contribution >= 4 is 10.4 Å². The van der Waals surface area contributed by atoms with Gasteiger partial charge in [0.2, 0.25) is 0 Å². The molecule has 1 radical (unpaired) electrons. The van der Waals surface area contributed by atoms with Crippen molar-refractivity contribution in [3.05, 3.63) is 0 Å². The summed E-state index contributed by atoms with van der Waals surface area (Å²) in [6.07, 6.45) is 0. The van der Waals surface area contributed by atoms with E-state index in [-0.39, 0.29) is 28.0 Å². The molecule has 0 fully saturated rings. The van der Waals surface area contributed by atoms with Crippen LogP contribution in [0.2, 0.25) is 0 Å². The van der Waals surface area contributed by atoms with E-state index in [0.29, 0.717) is 13.1 Å². The van der Waals surface area contributed by atoms with Crippen LogP contribution in [0.25, 0.3) is 0 Å². The van der Waals surface area contributed by atoms with Crippen molar-refractivity contribution in [3.63, 3.8) is 0 Å². The van der Waals surface area contributed by atoms with Gasteiger partial charge in [0.25, 0.3) is 0 Å². The van der Waals surface area contributed by atoms with Crippen LogP contribution in [-0.4, -0.2) is 30.6 Å². The molecule has 0 aromatic rings. The summed E-state index contributed by atoms with van der Waals surface area (Å²) < 4.78 is 34.1. The maximum Gasteiger partial charge on any atom is 2.00 e. The average molecular weight is 258 g/mol. The van der Waals surface area contributed by atoms with Crippen LogP contribution in [0, 0.1) is 0 Å². The third kappa shape index (κ3) is 576. The van der Waals surface area contributed by atoms with Crippen LogP contribution >= 0.6 is 0 Å². The minimum atomic E-state index is -5.17. The van der Waals surface area contributed by atoms with Gasteiger partial charge in [0.15, 0.2) is 0 Å². The van der Waals surface area contributed by atoms with Crippen molar-refractivity contribution in [2.75, 3.05) is 13.1 Å². The third-order valence-corrected chi connectivity index (χ3v) is 0.167. The average Bonchev–Trinajstić information content (AvgIpc) is 1.61. The molecule has 8 nitrogen and oxygen atoms in total. The standard InChI is InChI=1S/C2H8N2.Cu.H2O4S.2H2O/c3-1-2-4;;1-5(2,3)4;;/h1-4H2;;(H2,1,2,3,4);2*1H2/q;+2;;;. The number of hydrogen-bond donors (Lipinski definition) is 2. The maximum absolute atomic E-state index is 8.52. The Bertz CT molecular complexity index is 126. The normalized spacial score (nSPS) is 7.33. The molecule has 0 aliphatic rings. The predicted octanol–water partition coefficient (Wildman–Crippen LogP) is -4.28. The van der Waals surface area contributed by atoms with Crippen molar-refractivity contribution in [1.82, 2.24) is 0 Å². The van der Waals surface area contributed by atoms with E-state index in [2.05, 4.69) is 0 Å². The molecule has 0 heterocycles. The Hall–Kier alpha value is 0.229. The first-order valence-corrected chi connectivity index (χ1v) is 3.32. The first kappa shape index (κ1) is 29.5. The minimum Gasteiger partial charge on any atom is -0.759 e. The molecule has 0 saturated heterocycles. The number of rotatable bonds is 1. The first-order valence-electron chi connectivity index (χ1n) is 1.98. The summed E-state index contributed by atoms with van der Waals surface area (Å²) in [5.74, 6) is 0. The van der Waals surface area contributed by atoms with Crippen molar-refractivity contribution in [3.8, 4) is 0 Å². The van der Waals surface area contributed by atoms with Gasteiger partial charge in [-0.25, -0.2) is 0 Å². The van der Waals surface area contributed by atoms with Crippen LogP contribution in [-0.2, 0) is 38.4 Å². The van der Waals surface area contributed by atoms with Gasteiger partial charge in [-0.3, -0.25) is 8.42 Å². The Morgan fingerprint density at radius 1 is 1.00 bits per heavy atom. The summed E-state index contributed by atoms with van der Waals surface area (Å²) in [7, 11) is -5.17. The molecule has 10 N–H and O–H groups in total. The Morgan fingerprint density at radius 3 is 1.08 bits per heavy atom. The van der Waals surface area contributed by atoms with E-state index in [4.69, 9.17) is 29.0 Å². The Morgan fingerprint density at radius 2 is 1.08 bits per heavy atom. The summed E-state index contributed by atoms with van der Waals surface area (Å²) in [6, 6.07) is 0. The molecule has 83 valence electrons. The second-order valence-electron chi connectivity index (χ2n) is 0.986. The zero-order valence-electron chi connectivity index (χ0n) is 6.07. The molecule has 0 aliphatic carbocycles. The van der Waals surface area contributed by atoms with Crippen molar-refractivity contribution in [2.45, 2.75) is 0 Å². The molecule has 0 aromatic carbocycles. The molecule has 0 atom stereocenters. The Kier molecular flexibility index (Phi) is 42.7. The van der Waals surface area contributed by atoms with E-state index in [1.54, 1.807) is 0 Å². The van der Waals surface area contributed by atoms with Crippen LogP contribution in [0.3, 0.4) is 0 Å². The van der Waals surface area contributed by atoms with Gasteiger partial charge in [-0.05, 0) is 0 Å². The molecular formula is C2H14CuN2O6S+2. The van der Waals surface area contributed by atoms with Gasteiger partial charge in [-0.15, -0.1) is 0 Å². The summed E-state index contributed by atoms with van der Waals surface area (Å²) in [5.41, 5.74) is 9.81. The summed E-state index contributed by atoms with van der Waals surface area (Å²) >= 11 is 0. The second kappa shape index (κ2) is 17.4. The quantitative estimate of drug-likeness (QED) is 0.206. The van der Waals surface area contributed by atoms with Gasteiger partial charge in [0, 0.05) is 23.5 Å². The maximum atomic E-state index is 8.52. The van der Waals surface area contributed by atoms with E-state index in [9.17, 15) is 0 Å². The number of hydrogen-bond acceptors (Lipinski definition) is 6. The van der Waals surface area contributed by atoms with Gasteiger partial charge in [0.1, 0.15) is 0 Å². The largest absolute Gasteiger partial charge is 2.00 e. The van der Waals surface area contributed by atoms with Gasteiger partial charge in [0.05, 0.1) is 0 Å². The van der Waals surface area contributed by atoms with Gasteiger partial charge in [-0.2, -0.15) is 0 Å². The molecule has 0 spiro atoms. The molecule has 0 aliphatic heterocycles. The summed E-state index contributed by atoms with van der Waals surface area (Å²) in [5, 5.41) is 0. The van der Waals surface area contributed by atoms with E-state index in [1.807, 2.05) is 0 Å². The molecule has 0 unspecified atom stereocenters. The smallest absolute Gasteiger partial charge is 0.759 e. The molecule has 0 rings (SSSR count). The molecule has 10 heteroatoms. The topological polar surface area (TPSA) is 198 Å². The van der Waals surface area contributed by atoms with Crippen LogP contribution in [0.5, 0.6) is 0 Å². The fourth-order valence-corrected chi connectivity index (χ4v) is 0. The fraction of sp³-hybridized carbons (Fsp3) is 1.00. The predicted molar refractivity (Wildman–Crippen MR) is 38.3 cm³/mol. The molecular weight excluding hydrogens is 244 g/mol. The SMILES string of the molecule is NCCN.O=S(=O)([O-])[O-].[Cu+2].[OH3+].[OH3+]. The van der Waals surface area contributed by atoms with Crippen molar-refractivity contribution < 1.29 is 45.5 Å². The van der Waals surface area contributed by atoms with Crippen molar-refractivity contribution in [2.24, 2.45) is 11.5 Å². The monoisotopic (exact) mass is 257 g/mol. The Labute approximate surface area is 81.0 Å². The van der Waals surface area contributed by atoms with Crippen LogP contribution in [0.1, 0.15) is 0 Å². The second-order valence-corrected chi connectivity index (χ2v) is 1.80. The van der Waals surface area contributed by atoms with Crippen LogP contribution < -0.4 is 11.5 Å². The van der Waals surface area contributed by atoms with E-state index in [0.717, 1.165) is 0 Å². The van der Waals surface area contributed by atoms with Crippen molar-refractivity contribution in [1.29, 1.82) is 0 Å². The zero-order chi connectivity index (χ0) is 7.91. The minimum absolute atomic E-state index is 0. The molecule has 0 bridgehead atoms. The van der Waals surface area contributed by atoms with Gasteiger partial charge < -0.3 is 31.5 Å². The van der Waals surface area contributed by atoms with Gasteiger partial charge >= 0.3 is 17.1 Å². The molecule has 0 saturated carbocycles. The van der Waals surface area contributed by atoms with Crippen LogP contribution in [0.15, 0.2) is 0 Å². The van der Waals surface area contributed by atoms with E-state index >= 15 is 0 Å². The number of nitrogens with two attached hydrogens (primary N) is 2. The van der Waals surface area contributed by atoms with E-state index in [1.165, 1.54) is 0 Å². The molecule has 0 amide bonds.